The molecule has 1 N–H and O–H groups in total. The maximum Gasteiger partial charge on any atom is 0.336 e. The third-order valence-electron chi connectivity index (χ3n) is 3.23. The minimum atomic E-state index is -1.01. The normalized spacial score (nSPS) is 12.8. The second-order valence-corrected chi connectivity index (χ2v) is 4.82. The van der Waals surface area contributed by atoms with Crippen molar-refractivity contribution in [3.63, 3.8) is 0 Å². The molecular formula is C18H18O3. The third-order valence-corrected chi connectivity index (χ3v) is 3.23. The first-order valence-corrected chi connectivity index (χ1v) is 6.71. The number of carbonyl (C=O) groups excluding carboxylic acids is 1. The molecule has 0 aliphatic carbocycles. The van der Waals surface area contributed by atoms with Gasteiger partial charge in [0.05, 0.1) is 12.7 Å². The van der Waals surface area contributed by atoms with Gasteiger partial charge >= 0.3 is 5.97 Å². The Morgan fingerprint density at radius 1 is 1.10 bits per heavy atom. The molecule has 0 spiro atoms. The maximum atomic E-state index is 11.9. The molecule has 2 rings (SSSR count). The fourth-order valence-electron chi connectivity index (χ4n) is 2.02. The molecule has 0 amide bonds. The predicted octanol–water partition coefficient (Wildman–Crippen LogP) is 3.29. The van der Waals surface area contributed by atoms with Crippen LogP contribution in [0, 0.1) is 6.92 Å². The summed E-state index contributed by atoms with van der Waals surface area (Å²) in [6, 6.07) is 16.8. The molecule has 108 valence electrons. The Balaban J connectivity index is 2.39. The van der Waals surface area contributed by atoms with Crippen molar-refractivity contribution in [2.75, 3.05) is 7.11 Å². The van der Waals surface area contributed by atoms with E-state index in [0.29, 0.717) is 5.56 Å². The van der Waals surface area contributed by atoms with Crippen molar-refractivity contribution in [3.8, 4) is 0 Å². The van der Waals surface area contributed by atoms with Gasteiger partial charge in [-0.25, -0.2) is 4.79 Å². The van der Waals surface area contributed by atoms with E-state index in [4.69, 9.17) is 4.74 Å². The van der Waals surface area contributed by atoms with Crippen LogP contribution in [0.3, 0.4) is 0 Å². The summed E-state index contributed by atoms with van der Waals surface area (Å²) in [5.41, 5.74) is 2.85. The van der Waals surface area contributed by atoms with Gasteiger partial charge in [-0.2, -0.15) is 0 Å². The topological polar surface area (TPSA) is 46.5 Å². The zero-order valence-corrected chi connectivity index (χ0v) is 12.1. The fourth-order valence-corrected chi connectivity index (χ4v) is 2.02. The number of rotatable bonds is 4. The molecule has 0 radical (unpaired) electrons. The molecule has 0 aliphatic rings. The summed E-state index contributed by atoms with van der Waals surface area (Å²) in [6.07, 6.45) is 0.642. The lowest BCUT2D eigenvalue weighted by Gasteiger charge is -2.14. The smallest absolute Gasteiger partial charge is 0.336 e. The number of aliphatic hydroxyl groups excluding tert-OH is 1. The maximum absolute atomic E-state index is 11.9. The van der Waals surface area contributed by atoms with E-state index in [1.54, 1.807) is 18.2 Å². The molecule has 0 heterocycles. The quantitative estimate of drug-likeness (QED) is 0.691. The van der Waals surface area contributed by atoms with Crippen LogP contribution in [-0.2, 0) is 9.53 Å². The van der Waals surface area contributed by atoms with E-state index in [1.165, 1.54) is 7.11 Å². The van der Waals surface area contributed by atoms with Crippen LogP contribution in [-0.4, -0.2) is 18.2 Å². The largest absolute Gasteiger partial charge is 0.466 e. The fraction of sp³-hybridized carbons (Fsp3) is 0.167. The van der Waals surface area contributed by atoms with E-state index in [1.807, 2.05) is 49.4 Å². The first-order chi connectivity index (χ1) is 10.1. The molecule has 0 saturated carbocycles. The van der Waals surface area contributed by atoms with Crippen molar-refractivity contribution < 1.29 is 14.6 Å². The summed E-state index contributed by atoms with van der Waals surface area (Å²) in [5, 5.41) is 10.4. The SMILES string of the molecule is COC(=O)/C(=C\c1ccc(C)cc1)C(O)c1ccccc1. The molecular weight excluding hydrogens is 264 g/mol. The van der Waals surface area contributed by atoms with Gasteiger partial charge in [0.1, 0.15) is 6.10 Å². The highest BCUT2D eigenvalue weighted by molar-refractivity contribution is 5.94. The van der Waals surface area contributed by atoms with Crippen molar-refractivity contribution in [3.05, 3.63) is 76.9 Å². The number of methoxy groups -OCH3 is 1. The number of hydrogen-bond acceptors (Lipinski definition) is 3. The average molecular weight is 282 g/mol. The molecule has 0 bridgehead atoms. The van der Waals surface area contributed by atoms with Crippen LogP contribution in [0.25, 0.3) is 6.08 Å². The van der Waals surface area contributed by atoms with E-state index in [9.17, 15) is 9.90 Å². The first-order valence-electron chi connectivity index (χ1n) is 6.71. The van der Waals surface area contributed by atoms with Crippen molar-refractivity contribution in [1.82, 2.24) is 0 Å². The van der Waals surface area contributed by atoms with E-state index >= 15 is 0 Å². The van der Waals surface area contributed by atoms with Crippen LogP contribution in [0.5, 0.6) is 0 Å². The zero-order chi connectivity index (χ0) is 15.2. The van der Waals surface area contributed by atoms with Crippen molar-refractivity contribution in [1.29, 1.82) is 0 Å². The molecule has 0 fully saturated rings. The van der Waals surface area contributed by atoms with Gasteiger partial charge in [-0.15, -0.1) is 0 Å². The molecule has 1 unspecified atom stereocenters. The highest BCUT2D eigenvalue weighted by Gasteiger charge is 2.21. The number of benzene rings is 2. The van der Waals surface area contributed by atoms with Crippen LogP contribution in [0.1, 0.15) is 22.8 Å². The Morgan fingerprint density at radius 2 is 1.71 bits per heavy atom. The summed E-state index contributed by atoms with van der Waals surface area (Å²) < 4.78 is 4.78. The number of ether oxygens (including phenoxy) is 1. The lowest BCUT2D eigenvalue weighted by Crippen LogP contribution is -2.13. The van der Waals surface area contributed by atoms with Crippen molar-refractivity contribution >= 4 is 12.0 Å². The summed E-state index contributed by atoms with van der Waals surface area (Å²) >= 11 is 0. The van der Waals surface area contributed by atoms with Gasteiger partial charge in [0.15, 0.2) is 0 Å². The molecule has 0 aliphatic heterocycles. The van der Waals surface area contributed by atoms with E-state index < -0.39 is 12.1 Å². The average Bonchev–Trinajstić information content (AvgIpc) is 2.54. The Hall–Kier alpha value is -2.39. The van der Waals surface area contributed by atoms with Crippen LogP contribution in [0.15, 0.2) is 60.2 Å². The number of aryl methyl sites for hydroxylation is 1. The highest BCUT2D eigenvalue weighted by atomic mass is 16.5. The molecule has 3 nitrogen and oxygen atoms in total. The molecule has 2 aromatic rings. The minimum Gasteiger partial charge on any atom is -0.466 e. The van der Waals surface area contributed by atoms with Crippen LogP contribution < -0.4 is 0 Å². The Kier molecular flexibility index (Phi) is 4.90. The molecule has 2 aromatic carbocycles. The summed E-state index contributed by atoms with van der Waals surface area (Å²) in [6.45, 7) is 1.99. The van der Waals surface area contributed by atoms with E-state index in [2.05, 4.69) is 0 Å². The lowest BCUT2D eigenvalue weighted by atomic mass is 9.99. The second kappa shape index (κ2) is 6.86. The van der Waals surface area contributed by atoms with Crippen molar-refractivity contribution in [2.24, 2.45) is 0 Å². The number of hydrogen-bond donors (Lipinski definition) is 1. The van der Waals surface area contributed by atoms with Gasteiger partial charge in [-0.1, -0.05) is 60.2 Å². The summed E-state index contributed by atoms with van der Waals surface area (Å²) in [5.74, 6) is -0.535. The molecule has 0 aromatic heterocycles. The first kappa shape index (κ1) is 15.0. The lowest BCUT2D eigenvalue weighted by molar-refractivity contribution is -0.137. The van der Waals surface area contributed by atoms with Gasteiger partial charge in [-0.05, 0) is 24.1 Å². The Morgan fingerprint density at radius 3 is 2.29 bits per heavy atom. The number of aliphatic hydroxyl groups is 1. The number of carbonyl (C=O) groups is 1. The van der Waals surface area contributed by atoms with Crippen LogP contribution >= 0.6 is 0 Å². The minimum absolute atomic E-state index is 0.215. The van der Waals surface area contributed by atoms with Crippen LogP contribution in [0.2, 0.25) is 0 Å². The predicted molar refractivity (Wildman–Crippen MR) is 82.6 cm³/mol. The second-order valence-electron chi connectivity index (χ2n) is 4.82. The monoisotopic (exact) mass is 282 g/mol. The van der Waals surface area contributed by atoms with Gasteiger partial charge in [0, 0.05) is 0 Å². The van der Waals surface area contributed by atoms with Gasteiger partial charge in [0.2, 0.25) is 0 Å². The Bertz CT molecular complexity index is 627. The third kappa shape index (κ3) is 3.80. The summed E-state index contributed by atoms with van der Waals surface area (Å²) in [4.78, 5) is 11.9. The molecule has 1 atom stereocenters. The van der Waals surface area contributed by atoms with E-state index in [0.717, 1.165) is 11.1 Å². The zero-order valence-electron chi connectivity index (χ0n) is 12.1. The van der Waals surface area contributed by atoms with Gasteiger partial charge in [0.25, 0.3) is 0 Å². The molecule has 3 heteroatoms. The van der Waals surface area contributed by atoms with Gasteiger partial charge in [-0.3, -0.25) is 0 Å². The molecule has 0 saturated heterocycles. The van der Waals surface area contributed by atoms with Gasteiger partial charge < -0.3 is 9.84 Å². The van der Waals surface area contributed by atoms with E-state index in [-0.39, 0.29) is 5.57 Å². The highest BCUT2D eigenvalue weighted by Crippen LogP contribution is 2.24. The summed E-state index contributed by atoms with van der Waals surface area (Å²) in [7, 11) is 1.31. The molecule has 21 heavy (non-hydrogen) atoms. The Labute approximate surface area is 124 Å². The standard InChI is InChI=1S/C18H18O3/c1-13-8-10-14(11-9-13)12-16(18(20)21-2)17(19)15-6-4-3-5-7-15/h3-12,17,19H,1-2H3/b16-12-. The van der Waals surface area contributed by atoms with Crippen LogP contribution in [0.4, 0.5) is 0 Å². The van der Waals surface area contributed by atoms with Crippen molar-refractivity contribution in [2.45, 2.75) is 13.0 Å². The number of esters is 1.